The molecule has 2 N–H and O–H groups in total. The molecule has 0 spiro atoms. The van der Waals surface area contributed by atoms with Crippen LogP contribution in [0.3, 0.4) is 0 Å². The zero-order valence-electron chi connectivity index (χ0n) is 31.2. The molecule has 0 saturated carbocycles. The van der Waals surface area contributed by atoms with Crippen molar-refractivity contribution in [1.82, 2.24) is 19.3 Å². The predicted molar refractivity (Wildman–Crippen MR) is 210 cm³/mol. The highest BCUT2D eigenvalue weighted by molar-refractivity contribution is 7.79. The lowest BCUT2D eigenvalue weighted by Crippen LogP contribution is -2.39. The number of benzene rings is 2. The molecule has 0 unspecified atom stereocenters. The van der Waals surface area contributed by atoms with Gasteiger partial charge in [-0.05, 0) is 54.8 Å². The minimum absolute atomic E-state index is 0.0226. The van der Waals surface area contributed by atoms with E-state index in [9.17, 15) is 23.2 Å². The molecule has 0 bridgehead atoms. The summed E-state index contributed by atoms with van der Waals surface area (Å²) in [5.74, 6) is -0.746. The molecule has 2 aromatic carbocycles. The number of thiophene rings is 1. The second-order valence-electron chi connectivity index (χ2n) is 11.1. The number of aromatic nitrogens is 4. The monoisotopic (exact) mass is 743 g/mol. The maximum Gasteiger partial charge on any atom is 0.338 e. The SMILES string of the molecule is CC.CCC(C)C.CCC(N)=O.CCc1c(-c2ccc(C)cc2)sc2c1c(=O)n(-c1ccc(OC)nn1)c(=O)n2Cc1c(F)cccc1F.CS. The van der Waals surface area contributed by atoms with Crippen LogP contribution in [0.25, 0.3) is 26.5 Å². The van der Waals surface area contributed by atoms with E-state index in [4.69, 9.17) is 4.74 Å². The number of carbonyl (C=O) groups is 1. The summed E-state index contributed by atoms with van der Waals surface area (Å²) >= 11 is 4.78. The molecule has 0 aliphatic carbocycles. The molecule has 0 radical (unpaired) electrons. The van der Waals surface area contributed by atoms with Gasteiger partial charge < -0.3 is 10.5 Å². The fraction of sp³-hybridized carbons (Fsp3) is 0.395. The van der Waals surface area contributed by atoms with Crippen LogP contribution in [0.2, 0.25) is 0 Å². The zero-order chi connectivity index (χ0) is 38.8. The zero-order valence-corrected chi connectivity index (χ0v) is 32.9. The van der Waals surface area contributed by atoms with Crippen LogP contribution >= 0.6 is 24.0 Å². The second-order valence-corrected chi connectivity index (χ2v) is 12.1. The summed E-state index contributed by atoms with van der Waals surface area (Å²) in [6.07, 6.45) is 3.94. The smallest absolute Gasteiger partial charge is 0.338 e. The van der Waals surface area contributed by atoms with Crippen molar-refractivity contribution in [3.8, 4) is 22.1 Å². The van der Waals surface area contributed by atoms with Gasteiger partial charge in [0.1, 0.15) is 16.5 Å². The summed E-state index contributed by atoms with van der Waals surface area (Å²) in [5, 5.41) is 8.18. The third kappa shape index (κ3) is 11.9. The molecule has 0 fully saturated rings. The van der Waals surface area contributed by atoms with Gasteiger partial charge >= 0.3 is 5.69 Å². The topological polar surface area (TPSA) is 122 Å². The fourth-order valence-electron chi connectivity index (χ4n) is 4.27. The van der Waals surface area contributed by atoms with Crippen LogP contribution in [0.1, 0.15) is 78.0 Å². The van der Waals surface area contributed by atoms with Crippen molar-refractivity contribution < 1.29 is 18.3 Å². The lowest BCUT2D eigenvalue weighted by Gasteiger charge is -2.13. The van der Waals surface area contributed by atoms with Crippen molar-refractivity contribution >= 4 is 40.1 Å². The normalized spacial score (nSPS) is 10.1. The van der Waals surface area contributed by atoms with Gasteiger partial charge in [-0.1, -0.05) is 90.8 Å². The summed E-state index contributed by atoms with van der Waals surface area (Å²) in [7, 11) is 1.42. The third-order valence-electron chi connectivity index (χ3n) is 7.35. The lowest BCUT2D eigenvalue weighted by molar-refractivity contribution is -0.117. The Morgan fingerprint density at radius 3 is 1.92 bits per heavy atom. The molecular formula is C38H51F2N5O4S2. The Hall–Kier alpha value is -4.36. The van der Waals surface area contributed by atoms with E-state index in [0.717, 1.165) is 44.2 Å². The Labute approximate surface area is 308 Å². The summed E-state index contributed by atoms with van der Waals surface area (Å²) in [5.41, 5.74) is 5.73. The highest BCUT2D eigenvalue weighted by Crippen LogP contribution is 2.37. The van der Waals surface area contributed by atoms with E-state index in [-0.39, 0.29) is 23.2 Å². The Morgan fingerprint density at radius 1 is 0.941 bits per heavy atom. The Kier molecular flexibility index (Phi) is 19.7. The Balaban J connectivity index is 0.000000802. The Bertz CT molecular complexity index is 1920. The number of amides is 1. The van der Waals surface area contributed by atoms with Crippen LogP contribution in [0.5, 0.6) is 5.88 Å². The molecule has 13 heteroatoms. The lowest BCUT2D eigenvalue weighted by atomic mass is 10.0. The van der Waals surface area contributed by atoms with Gasteiger partial charge in [0.2, 0.25) is 11.8 Å². The number of primary amides is 1. The number of aryl methyl sites for hydroxylation is 2. The molecule has 0 aliphatic rings. The average molecular weight is 744 g/mol. The van der Waals surface area contributed by atoms with Crippen LogP contribution in [0, 0.1) is 24.5 Å². The molecule has 0 atom stereocenters. The first-order valence-corrected chi connectivity index (χ1v) is 18.5. The molecule has 1 amide bonds. The van der Waals surface area contributed by atoms with Gasteiger partial charge in [0, 0.05) is 22.9 Å². The first-order valence-electron chi connectivity index (χ1n) is 16.8. The van der Waals surface area contributed by atoms with Gasteiger partial charge in [0.05, 0.1) is 19.0 Å². The van der Waals surface area contributed by atoms with E-state index in [0.29, 0.717) is 23.1 Å². The van der Waals surface area contributed by atoms with Crippen molar-refractivity contribution in [2.24, 2.45) is 11.7 Å². The van der Waals surface area contributed by atoms with Crippen molar-refractivity contribution in [2.75, 3.05) is 13.4 Å². The van der Waals surface area contributed by atoms with Gasteiger partial charge in [-0.3, -0.25) is 14.2 Å². The molecule has 51 heavy (non-hydrogen) atoms. The predicted octanol–water partition coefficient (Wildman–Crippen LogP) is 8.38. The number of hydrogen-bond acceptors (Lipinski definition) is 8. The first kappa shape index (κ1) is 44.7. The van der Waals surface area contributed by atoms with Gasteiger partial charge in [-0.15, -0.1) is 21.5 Å². The molecule has 9 nitrogen and oxygen atoms in total. The van der Waals surface area contributed by atoms with E-state index in [1.54, 1.807) is 13.2 Å². The average Bonchev–Trinajstić information content (AvgIpc) is 3.54. The molecule has 5 aromatic rings. The van der Waals surface area contributed by atoms with E-state index >= 15 is 0 Å². The van der Waals surface area contributed by atoms with E-state index in [1.165, 1.54) is 47.6 Å². The molecule has 0 aliphatic heterocycles. The number of nitrogens with zero attached hydrogens (tertiary/aromatic N) is 4. The van der Waals surface area contributed by atoms with Crippen molar-refractivity contribution in [3.63, 3.8) is 0 Å². The molecule has 5 rings (SSSR count). The second kappa shape index (κ2) is 22.5. The van der Waals surface area contributed by atoms with E-state index < -0.39 is 29.4 Å². The van der Waals surface area contributed by atoms with E-state index in [1.807, 2.05) is 52.0 Å². The van der Waals surface area contributed by atoms with Crippen LogP contribution in [-0.2, 0) is 17.8 Å². The van der Waals surface area contributed by atoms with Crippen LogP contribution in [0.4, 0.5) is 8.78 Å². The largest absolute Gasteiger partial charge is 0.480 e. The highest BCUT2D eigenvalue weighted by Gasteiger charge is 2.24. The van der Waals surface area contributed by atoms with Crippen molar-refractivity contribution in [3.05, 3.63) is 104 Å². The molecule has 3 aromatic heterocycles. The van der Waals surface area contributed by atoms with Crippen LogP contribution < -0.4 is 21.7 Å². The van der Waals surface area contributed by atoms with Gasteiger partial charge in [0.15, 0.2) is 5.82 Å². The number of halogens is 2. The van der Waals surface area contributed by atoms with Gasteiger partial charge in [-0.25, -0.2) is 18.1 Å². The van der Waals surface area contributed by atoms with Crippen LogP contribution in [-0.4, -0.2) is 38.6 Å². The number of carbonyl (C=O) groups excluding carboxylic acids is 1. The number of thiol groups is 1. The van der Waals surface area contributed by atoms with Gasteiger partial charge in [0.25, 0.3) is 5.56 Å². The Morgan fingerprint density at radius 2 is 1.49 bits per heavy atom. The van der Waals surface area contributed by atoms with Gasteiger partial charge in [-0.2, -0.15) is 12.6 Å². The van der Waals surface area contributed by atoms with Crippen molar-refractivity contribution in [1.29, 1.82) is 0 Å². The third-order valence-corrected chi connectivity index (χ3v) is 8.65. The minimum Gasteiger partial charge on any atom is -0.480 e. The maximum absolute atomic E-state index is 14.7. The van der Waals surface area contributed by atoms with E-state index in [2.05, 4.69) is 49.3 Å². The molecular weight excluding hydrogens is 693 g/mol. The standard InChI is InChI=1S/C27H22F2N4O3S.C5H12.C3H7NO.C2H6.CH4S/c1-4-17-23-25(34)33(21-12-13-22(36-3)31-30-21)27(35)32(14-18-19(28)6-5-7-20(18)29)26(23)37-24(17)16-10-8-15(2)9-11-16;1-4-5(2)3;1-2-3(4)5;2*1-2/h5-13H,4,14H2,1-3H3;5H,4H2,1-3H3;2H2,1H3,(H2,4,5);1-2H3;2H,1H3. The number of rotatable bonds is 8. The highest BCUT2D eigenvalue weighted by atomic mass is 32.1. The van der Waals surface area contributed by atoms with Crippen molar-refractivity contribution in [2.45, 2.75) is 81.2 Å². The molecule has 3 heterocycles. The number of hydrogen-bond donors (Lipinski definition) is 2. The summed E-state index contributed by atoms with van der Waals surface area (Å²) in [6.45, 7) is 15.9. The summed E-state index contributed by atoms with van der Waals surface area (Å²) in [4.78, 5) is 38.3. The summed E-state index contributed by atoms with van der Waals surface area (Å²) in [6, 6.07) is 14.3. The number of nitrogens with two attached hydrogens (primary N) is 1. The molecule has 278 valence electrons. The minimum atomic E-state index is -0.784. The quantitative estimate of drug-likeness (QED) is 0.154. The first-order chi connectivity index (χ1) is 24.4. The summed E-state index contributed by atoms with van der Waals surface area (Å²) < 4.78 is 36.5. The van der Waals surface area contributed by atoms with Crippen LogP contribution in [0.15, 0.2) is 64.2 Å². The fourth-order valence-corrected chi connectivity index (χ4v) is 5.65. The maximum atomic E-state index is 14.7. The number of methoxy groups -OCH3 is 1. The number of ether oxygens (including phenoxy) is 1. The number of fused-ring (bicyclic) bond motifs is 1. The molecule has 0 saturated heterocycles.